The molecule has 2 heterocycles. The molecule has 1 aliphatic carbocycles. The Balaban J connectivity index is 1.70. The Labute approximate surface area is 116 Å². The first kappa shape index (κ1) is 12.4. The Bertz CT molecular complexity index is 623. The molecule has 0 radical (unpaired) electrons. The van der Waals surface area contributed by atoms with Gasteiger partial charge in [-0.15, -0.1) is 0 Å². The standard InChI is InChI=1S/C14H14N4O2/c15-10-3-4-13(17-8-10)20-11-5-6-16-12(7-11)18-14(19)9-1-2-9/h3-9H,1-2,15H2,(H,16,18,19). The van der Waals surface area contributed by atoms with E-state index in [0.29, 0.717) is 23.1 Å². The summed E-state index contributed by atoms with van der Waals surface area (Å²) in [6.07, 6.45) is 5.01. The second-order valence-electron chi connectivity index (χ2n) is 4.67. The molecule has 102 valence electrons. The summed E-state index contributed by atoms with van der Waals surface area (Å²) in [5.41, 5.74) is 6.13. The minimum Gasteiger partial charge on any atom is -0.439 e. The Morgan fingerprint density at radius 2 is 2.15 bits per heavy atom. The number of ether oxygens (including phenoxy) is 1. The normalized spacial score (nSPS) is 13.8. The molecule has 3 N–H and O–H groups in total. The molecule has 1 fully saturated rings. The van der Waals surface area contributed by atoms with Gasteiger partial charge in [-0.2, -0.15) is 0 Å². The summed E-state index contributed by atoms with van der Waals surface area (Å²) in [6.45, 7) is 0. The fourth-order valence-electron chi connectivity index (χ4n) is 1.69. The molecule has 2 aromatic rings. The molecule has 6 nitrogen and oxygen atoms in total. The molecular weight excluding hydrogens is 256 g/mol. The first-order chi connectivity index (χ1) is 9.70. The fourth-order valence-corrected chi connectivity index (χ4v) is 1.69. The van der Waals surface area contributed by atoms with Crippen LogP contribution in [-0.4, -0.2) is 15.9 Å². The lowest BCUT2D eigenvalue weighted by Crippen LogP contribution is -2.14. The number of aromatic nitrogens is 2. The molecule has 0 unspecified atom stereocenters. The second kappa shape index (κ2) is 5.16. The summed E-state index contributed by atoms with van der Waals surface area (Å²) >= 11 is 0. The molecule has 2 aromatic heterocycles. The number of amides is 1. The van der Waals surface area contributed by atoms with Crippen molar-refractivity contribution in [2.24, 2.45) is 5.92 Å². The quantitative estimate of drug-likeness (QED) is 0.888. The van der Waals surface area contributed by atoms with Gasteiger partial charge in [0.1, 0.15) is 11.6 Å². The van der Waals surface area contributed by atoms with E-state index in [1.807, 2.05) is 0 Å². The number of nitrogens with zero attached hydrogens (tertiary/aromatic N) is 2. The minimum absolute atomic E-state index is 0.0141. The SMILES string of the molecule is Nc1ccc(Oc2ccnc(NC(=O)C3CC3)c2)nc1. The van der Waals surface area contributed by atoms with E-state index in [-0.39, 0.29) is 11.8 Å². The fraction of sp³-hybridized carbons (Fsp3) is 0.214. The minimum atomic E-state index is 0.0141. The maximum atomic E-state index is 11.7. The third-order valence-corrected chi connectivity index (χ3v) is 2.91. The Hall–Kier alpha value is -2.63. The molecule has 0 bridgehead atoms. The average molecular weight is 270 g/mol. The van der Waals surface area contributed by atoms with E-state index < -0.39 is 0 Å². The van der Waals surface area contributed by atoms with E-state index in [4.69, 9.17) is 10.5 Å². The zero-order chi connectivity index (χ0) is 13.9. The lowest BCUT2D eigenvalue weighted by Gasteiger charge is -2.07. The van der Waals surface area contributed by atoms with Crippen LogP contribution in [0.3, 0.4) is 0 Å². The number of anilines is 2. The summed E-state index contributed by atoms with van der Waals surface area (Å²) in [6, 6.07) is 6.75. The number of rotatable bonds is 4. The van der Waals surface area contributed by atoms with Crippen molar-refractivity contribution in [2.75, 3.05) is 11.1 Å². The van der Waals surface area contributed by atoms with Crippen molar-refractivity contribution in [2.45, 2.75) is 12.8 Å². The van der Waals surface area contributed by atoms with Gasteiger partial charge in [0, 0.05) is 24.2 Å². The predicted molar refractivity (Wildman–Crippen MR) is 74.3 cm³/mol. The van der Waals surface area contributed by atoms with E-state index in [1.165, 1.54) is 6.20 Å². The summed E-state index contributed by atoms with van der Waals surface area (Å²) in [4.78, 5) is 19.8. The van der Waals surface area contributed by atoms with Crippen LogP contribution in [0.25, 0.3) is 0 Å². The summed E-state index contributed by atoms with van der Waals surface area (Å²) < 4.78 is 5.57. The van der Waals surface area contributed by atoms with Crippen LogP contribution in [0.1, 0.15) is 12.8 Å². The first-order valence-corrected chi connectivity index (χ1v) is 6.37. The largest absolute Gasteiger partial charge is 0.439 e. The number of nitrogens with one attached hydrogen (secondary N) is 1. The Morgan fingerprint density at radius 1 is 1.30 bits per heavy atom. The number of carbonyl (C=O) groups is 1. The van der Waals surface area contributed by atoms with Crippen LogP contribution in [0.15, 0.2) is 36.7 Å². The number of nitrogens with two attached hydrogens (primary N) is 1. The van der Waals surface area contributed by atoms with Crippen LogP contribution in [0.4, 0.5) is 11.5 Å². The number of pyridine rings is 2. The highest BCUT2D eigenvalue weighted by atomic mass is 16.5. The second-order valence-corrected chi connectivity index (χ2v) is 4.67. The van der Waals surface area contributed by atoms with Crippen LogP contribution < -0.4 is 15.8 Å². The van der Waals surface area contributed by atoms with Gasteiger partial charge >= 0.3 is 0 Å². The Morgan fingerprint density at radius 3 is 2.85 bits per heavy atom. The van der Waals surface area contributed by atoms with Gasteiger partial charge < -0.3 is 15.8 Å². The van der Waals surface area contributed by atoms with E-state index in [1.54, 1.807) is 30.5 Å². The molecule has 0 aliphatic heterocycles. The summed E-state index contributed by atoms with van der Waals surface area (Å²) in [5, 5.41) is 2.77. The monoisotopic (exact) mass is 270 g/mol. The third kappa shape index (κ3) is 3.03. The maximum absolute atomic E-state index is 11.7. The molecular formula is C14H14N4O2. The molecule has 0 spiro atoms. The molecule has 6 heteroatoms. The number of hydrogen-bond acceptors (Lipinski definition) is 5. The molecule has 0 saturated heterocycles. The zero-order valence-corrected chi connectivity index (χ0v) is 10.7. The van der Waals surface area contributed by atoms with Crippen molar-refractivity contribution in [3.8, 4) is 11.6 Å². The number of carbonyl (C=O) groups excluding carboxylic acids is 1. The summed E-state index contributed by atoms with van der Waals surface area (Å²) in [5.74, 6) is 1.63. The third-order valence-electron chi connectivity index (χ3n) is 2.91. The highest BCUT2D eigenvalue weighted by Gasteiger charge is 2.29. The van der Waals surface area contributed by atoms with Crippen molar-refractivity contribution in [3.63, 3.8) is 0 Å². The van der Waals surface area contributed by atoms with Gasteiger partial charge in [-0.3, -0.25) is 4.79 Å². The number of nitrogen functional groups attached to an aromatic ring is 1. The maximum Gasteiger partial charge on any atom is 0.228 e. The van der Waals surface area contributed by atoms with Crippen LogP contribution in [-0.2, 0) is 4.79 Å². The van der Waals surface area contributed by atoms with Crippen LogP contribution in [0.5, 0.6) is 11.6 Å². The van der Waals surface area contributed by atoms with Crippen LogP contribution >= 0.6 is 0 Å². The van der Waals surface area contributed by atoms with Gasteiger partial charge in [0.05, 0.1) is 11.9 Å². The van der Waals surface area contributed by atoms with Crippen molar-refractivity contribution in [3.05, 3.63) is 36.7 Å². The number of hydrogen-bond donors (Lipinski definition) is 2. The van der Waals surface area contributed by atoms with Gasteiger partial charge in [-0.25, -0.2) is 9.97 Å². The first-order valence-electron chi connectivity index (χ1n) is 6.37. The highest BCUT2D eigenvalue weighted by Crippen LogP contribution is 2.30. The van der Waals surface area contributed by atoms with Crippen molar-refractivity contribution < 1.29 is 9.53 Å². The van der Waals surface area contributed by atoms with Gasteiger partial charge in [0.15, 0.2) is 0 Å². The van der Waals surface area contributed by atoms with Crippen molar-refractivity contribution in [1.29, 1.82) is 0 Å². The van der Waals surface area contributed by atoms with Crippen molar-refractivity contribution >= 4 is 17.4 Å². The molecule has 20 heavy (non-hydrogen) atoms. The molecule has 1 aliphatic rings. The lowest BCUT2D eigenvalue weighted by molar-refractivity contribution is -0.117. The van der Waals surface area contributed by atoms with Gasteiger partial charge in [-0.1, -0.05) is 0 Å². The van der Waals surface area contributed by atoms with Gasteiger partial charge in [-0.05, 0) is 25.0 Å². The van der Waals surface area contributed by atoms with E-state index in [0.717, 1.165) is 12.8 Å². The van der Waals surface area contributed by atoms with Gasteiger partial charge in [0.2, 0.25) is 11.8 Å². The van der Waals surface area contributed by atoms with E-state index >= 15 is 0 Å². The summed E-state index contributed by atoms with van der Waals surface area (Å²) in [7, 11) is 0. The topological polar surface area (TPSA) is 90.1 Å². The lowest BCUT2D eigenvalue weighted by atomic mass is 10.3. The van der Waals surface area contributed by atoms with Crippen LogP contribution in [0, 0.1) is 5.92 Å². The average Bonchev–Trinajstić information content (AvgIpc) is 3.26. The van der Waals surface area contributed by atoms with E-state index in [9.17, 15) is 4.79 Å². The highest BCUT2D eigenvalue weighted by molar-refractivity contribution is 5.93. The molecule has 0 atom stereocenters. The zero-order valence-electron chi connectivity index (χ0n) is 10.7. The van der Waals surface area contributed by atoms with Crippen LogP contribution in [0.2, 0.25) is 0 Å². The molecule has 1 amide bonds. The van der Waals surface area contributed by atoms with E-state index in [2.05, 4.69) is 15.3 Å². The molecule has 1 saturated carbocycles. The molecule has 3 rings (SSSR count). The van der Waals surface area contributed by atoms with Crippen molar-refractivity contribution in [1.82, 2.24) is 9.97 Å². The molecule has 0 aromatic carbocycles. The predicted octanol–water partition coefficient (Wildman–Crippen LogP) is 2.20. The smallest absolute Gasteiger partial charge is 0.228 e. The Kier molecular flexibility index (Phi) is 3.20. The van der Waals surface area contributed by atoms with Gasteiger partial charge in [0.25, 0.3) is 0 Å².